The molecule has 3 nitrogen and oxygen atoms in total. The quantitative estimate of drug-likeness (QED) is 0.463. The van der Waals surface area contributed by atoms with Gasteiger partial charge in [-0.25, -0.2) is 4.79 Å². The van der Waals surface area contributed by atoms with Crippen LogP contribution in [0.25, 0.3) is 0 Å². The van der Waals surface area contributed by atoms with E-state index in [4.69, 9.17) is 39.5 Å². The summed E-state index contributed by atoms with van der Waals surface area (Å²) in [5, 5.41) is 0.452. The van der Waals surface area contributed by atoms with Gasteiger partial charge in [0, 0.05) is 10.6 Å². The first-order valence-electron chi connectivity index (χ1n) is 3.88. The van der Waals surface area contributed by atoms with Gasteiger partial charge in [-0.1, -0.05) is 34.8 Å². The first-order chi connectivity index (χ1) is 7.04. The van der Waals surface area contributed by atoms with Crippen LogP contribution in [-0.2, 0) is 4.74 Å². The Morgan fingerprint density at radius 1 is 1.40 bits per heavy atom. The van der Waals surface area contributed by atoms with Crippen molar-refractivity contribution in [3.8, 4) is 5.75 Å². The molecule has 1 rings (SSSR count). The second kappa shape index (κ2) is 5.45. The van der Waals surface area contributed by atoms with Crippen LogP contribution in [-0.4, -0.2) is 13.3 Å². The molecule has 0 bridgehead atoms. The Kier molecular flexibility index (Phi) is 4.51. The Bertz CT molecular complexity index is 366. The second-order valence-corrected chi connectivity index (χ2v) is 4.07. The zero-order chi connectivity index (χ0) is 11.4. The lowest BCUT2D eigenvalue weighted by molar-refractivity contribution is 0.121. The lowest BCUT2D eigenvalue weighted by atomic mass is 10.2. The third-order valence-electron chi connectivity index (χ3n) is 1.57. The van der Waals surface area contributed by atoms with Crippen molar-refractivity contribution in [1.29, 1.82) is 0 Å². The number of alkyl halides is 2. The number of carbonyl (C=O) groups excluding carboxylic acids is 1. The number of carbonyl (C=O) groups is 1. The molecule has 0 heterocycles. The number of ether oxygens (including phenoxy) is 2. The zero-order valence-corrected chi connectivity index (χ0v) is 9.94. The van der Waals surface area contributed by atoms with Crippen LogP contribution in [0.4, 0.5) is 4.79 Å². The Morgan fingerprint density at radius 3 is 2.60 bits per heavy atom. The van der Waals surface area contributed by atoms with Gasteiger partial charge in [0.25, 0.3) is 0 Å². The maximum atomic E-state index is 10.9. The fourth-order valence-corrected chi connectivity index (χ4v) is 1.44. The van der Waals surface area contributed by atoms with Crippen molar-refractivity contribution >= 4 is 41.0 Å². The summed E-state index contributed by atoms with van der Waals surface area (Å²) < 4.78 is 9.16. The lowest BCUT2D eigenvalue weighted by Gasteiger charge is -2.09. The number of hydrogen-bond donors (Lipinski definition) is 0. The number of methoxy groups -OCH3 is 1. The summed E-state index contributed by atoms with van der Waals surface area (Å²) >= 11 is 17.1. The molecule has 0 aliphatic heterocycles. The van der Waals surface area contributed by atoms with Crippen molar-refractivity contribution in [3.63, 3.8) is 0 Å². The van der Waals surface area contributed by atoms with Gasteiger partial charge in [0.2, 0.25) is 0 Å². The van der Waals surface area contributed by atoms with Crippen molar-refractivity contribution < 1.29 is 14.3 Å². The molecule has 0 saturated heterocycles. The summed E-state index contributed by atoms with van der Waals surface area (Å²) in [6, 6.07) is 4.57. The van der Waals surface area contributed by atoms with Gasteiger partial charge in [-0.2, -0.15) is 0 Å². The van der Waals surface area contributed by atoms with Gasteiger partial charge in [0.1, 0.15) is 10.6 Å². The van der Waals surface area contributed by atoms with E-state index in [9.17, 15) is 4.79 Å². The van der Waals surface area contributed by atoms with Crippen LogP contribution < -0.4 is 4.74 Å². The average molecular weight is 270 g/mol. The molecule has 0 aromatic heterocycles. The fraction of sp³-hybridized carbons (Fsp3) is 0.222. The number of benzene rings is 1. The molecule has 82 valence electrons. The minimum atomic E-state index is -0.840. The van der Waals surface area contributed by atoms with Gasteiger partial charge in [0.05, 0.1) is 7.11 Å². The van der Waals surface area contributed by atoms with Gasteiger partial charge < -0.3 is 9.47 Å². The van der Waals surface area contributed by atoms with Gasteiger partial charge in [-0.05, 0) is 18.2 Å². The molecule has 0 N–H and O–H groups in total. The summed E-state index contributed by atoms with van der Waals surface area (Å²) in [6.07, 6.45) is -0.840. The molecule has 0 unspecified atom stereocenters. The standard InChI is InChI=1S/C9H7Cl3O3/c1-14-9(13)15-7-3-2-5(10)4-6(7)8(11)12/h2-4,8H,1H3. The van der Waals surface area contributed by atoms with Crippen molar-refractivity contribution in [2.45, 2.75) is 4.84 Å². The molecular weight excluding hydrogens is 262 g/mol. The van der Waals surface area contributed by atoms with Crippen LogP contribution in [0.3, 0.4) is 0 Å². The highest BCUT2D eigenvalue weighted by Crippen LogP contribution is 2.34. The van der Waals surface area contributed by atoms with E-state index in [1.807, 2.05) is 0 Å². The fourth-order valence-electron chi connectivity index (χ4n) is 0.914. The van der Waals surface area contributed by atoms with Crippen molar-refractivity contribution in [2.75, 3.05) is 7.11 Å². The molecule has 15 heavy (non-hydrogen) atoms. The van der Waals surface area contributed by atoms with E-state index < -0.39 is 11.0 Å². The van der Waals surface area contributed by atoms with E-state index in [2.05, 4.69) is 4.74 Å². The number of hydrogen-bond acceptors (Lipinski definition) is 3. The highest BCUT2D eigenvalue weighted by atomic mass is 35.5. The van der Waals surface area contributed by atoms with E-state index in [0.29, 0.717) is 10.6 Å². The molecule has 0 saturated carbocycles. The minimum absolute atomic E-state index is 0.223. The molecular formula is C9H7Cl3O3. The highest BCUT2D eigenvalue weighted by Gasteiger charge is 2.14. The summed E-state index contributed by atoms with van der Waals surface area (Å²) in [6.45, 7) is 0. The third-order valence-corrected chi connectivity index (χ3v) is 2.27. The van der Waals surface area contributed by atoms with Crippen LogP contribution in [0, 0.1) is 0 Å². The molecule has 0 fully saturated rings. The van der Waals surface area contributed by atoms with Crippen LogP contribution in [0.2, 0.25) is 5.02 Å². The van der Waals surface area contributed by atoms with E-state index in [-0.39, 0.29) is 5.75 Å². The topological polar surface area (TPSA) is 35.5 Å². The van der Waals surface area contributed by atoms with E-state index in [0.717, 1.165) is 0 Å². The number of halogens is 3. The molecule has 1 aromatic rings. The smallest absolute Gasteiger partial charge is 0.437 e. The maximum absolute atomic E-state index is 10.9. The highest BCUT2D eigenvalue weighted by molar-refractivity contribution is 6.44. The number of rotatable bonds is 2. The van der Waals surface area contributed by atoms with E-state index >= 15 is 0 Å². The van der Waals surface area contributed by atoms with Crippen molar-refractivity contribution in [3.05, 3.63) is 28.8 Å². The molecule has 0 amide bonds. The third kappa shape index (κ3) is 3.45. The van der Waals surface area contributed by atoms with Crippen LogP contribution in [0.15, 0.2) is 18.2 Å². The van der Waals surface area contributed by atoms with Crippen LogP contribution >= 0.6 is 34.8 Å². The van der Waals surface area contributed by atoms with Gasteiger partial charge in [0.15, 0.2) is 0 Å². The molecule has 0 spiro atoms. The molecule has 0 aliphatic carbocycles. The molecule has 0 aliphatic rings. The normalized spacial score (nSPS) is 10.2. The van der Waals surface area contributed by atoms with Crippen molar-refractivity contribution in [2.24, 2.45) is 0 Å². The lowest BCUT2D eigenvalue weighted by Crippen LogP contribution is -2.08. The first kappa shape index (κ1) is 12.4. The Hall–Kier alpha value is -0.640. The average Bonchev–Trinajstić information content (AvgIpc) is 2.20. The predicted molar refractivity (Wildman–Crippen MR) is 58.9 cm³/mol. The molecule has 0 atom stereocenters. The second-order valence-electron chi connectivity index (χ2n) is 2.54. The summed E-state index contributed by atoms with van der Waals surface area (Å²) in [5.74, 6) is 0.223. The monoisotopic (exact) mass is 268 g/mol. The molecule has 1 aromatic carbocycles. The van der Waals surface area contributed by atoms with E-state index in [1.54, 1.807) is 6.07 Å². The van der Waals surface area contributed by atoms with E-state index in [1.165, 1.54) is 19.2 Å². The molecule has 0 radical (unpaired) electrons. The van der Waals surface area contributed by atoms with Crippen LogP contribution in [0.1, 0.15) is 10.4 Å². The largest absolute Gasteiger partial charge is 0.513 e. The van der Waals surface area contributed by atoms with Gasteiger partial charge in [-0.3, -0.25) is 0 Å². The predicted octanol–water partition coefficient (Wildman–Crippen LogP) is 3.96. The zero-order valence-electron chi connectivity index (χ0n) is 7.67. The van der Waals surface area contributed by atoms with Crippen molar-refractivity contribution in [1.82, 2.24) is 0 Å². The Labute approximate surface area is 102 Å². The van der Waals surface area contributed by atoms with Gasteiger partial charge in [-0.15, -0.1) is 0 Å². The Morgan fingerprint density at radius 2 is 2.07 bits per heavy atom. The van der Waals surface area contributed by atoms with Crippen LogP contribution in [0.5, 0.6) is 5.75 Å². The molecule has 6 heteroatoms. The summed E-state index contributed by atoms with van der Waals surface area (Å²) in [7, 11) is 1.21. The summed E-state index contributed by atoms with van der Waals surface area (Å²) in [4.78, 5) is 10.0. The first-order valence-corrected chi connectivity index (χ1v) is 5.13. The SMILES string of the molecule is COC(=O)Oc1ccc(Cl)cc1C(Cl)Cl. The minimum Gasteiger partial charge on any atom is -0.437 e. The maximum Gasteiger partial charge on any atom is 0.513 e. The Balaban J connectivity index is 3.00. The summed E-state index contributed by atoms with van der Waals surface area (Å²) in [5.41, 5.74) is 0.413. The van der Waals surface area contributed by atoms with Gasteiger partial charge >= 0.3 is 6.16 Å².